The number of hydrogen-bond donors (Lipinski definition) is 0. The molecule has 0 spiro atoms. The summed E-state index contributed by atoms with van der Waals surface area (Å²) in [7, 11) is 0. The van der Waals surface area contributed by atoms with Crippen LogP contribution in [-0.2, 0) is 4.74 Å². The SMILES string of the molecule is CCCC(CCC)C(CC(Oc1ccc(C(C)CC)cc1)OC(C)C)C1CCCCC1. The van der Waals surface area contributed by atoms with Crippen LogP contribution >= 0.6 is 0 Å². The highest BCUT2D eigenvalue weighted by molar-refractivity contribution is 5.29. The molecular formula is C29H50O2. The maximum absolute atomic E-state index is 6.50. The molecule has 178 valence electrons. The van der Waals surface area contributed by atoms with Gasteiger partial charge >= 0.3 is 0 Å². The van der Waals surface area contributed by atoms with Crippen LogP contribution in [0, 0.1) is 17.8 Å². The van der Waals surface area contributed by atoms with Crippen molar-refractivity contribution in [2.45, 2.75) is 130 Å². The Kier molecular flexibility index (Phi) is 12.0. The van der Waals surface area contributed by atoms with Gasteiger partial charge in [-0.15, -0.1) is 0 Å². The predicted molar refractivity (Wildman–Crippen MR) is 134 cm³/mol. The quantitative estimate of drug-likeness (QED) is 0.274. The van der Waals surface area contributed by atoms with Crippen molar-refractivity contribution in [3.63, 3.8) is 0 Å². The van der Waals surface area contributed by atoms with Crippen molar-refractivity contribution in [3.8, 4) is 5.75 Å². The first-order valence-electron chi connectivity index (χ1n) is 13.4. The second kappa shape index (κ2) is 14.2. The number of rotatable bonds is 14. The van der Waals surface area contributed by atoms with Crippen LogP contribution in [0.3, 0.4) is 0 Å². The van der Waals surface area contributed by atoms with Gasteiger partial charge in [-0.1, -0.05) is 97.6 Å². The number of benzene rings is 1. The van der Waals surface area contributed by atoms with E-state index in [1.807, 2.05) is 0 Å². The van der Waals surface area contributed by atoms with E-state index >= 15 is 0 Å². The summed E-state index contributed by atoms with van der Waals surface area (Å²) in [6, 6.07) is 8.74. The Bertz CT molecular complexity index is 567. The van der Waals surface area contributed by atoms with Crippen LogP contribution in [0.5, 0.6) is 5.75 Å². The fourth-order valence-corrected chi connectivity index (χ4v) is 5.57. The van der Waals surface area contributed by atoms with Gasteiger partial charge in [-0.3, -0.25) is 0 Å². The molecule has 3 atom stereocenters. The van der Waals surface area contributed by atoms with Gasteiger partial charge in [-0.05, 0) is 61.6 Å². The Morgan fingerprint density at radius 2 is 1.48 bits per heavy atom. The lowest BCUT2D eigenvalue weighted by atomic mass is 9.70. The third kappa shape index (κ3) is 8.79. The lowest BCUT2D eigenvalue weighted by Crippen LogP contribution is -2.34. The molecule has 3 unspecified atom stereocenters. The summed E-state index contributed by atoms with van der Waals surface area (Å²) >= 11 is 0. The van der Waals surface area contributed by atoms with Gasteiger partial charge < -0.3 is 9.47 Å². The van der Waals surface area contributed by atoms with Gasteiger partial charge in [0.25, 0.3) is 0 Å². The number of ether oxygens (including phenoxy) is 2. The van der Waals surface area contributed by atoms with Crippen molar-refractivity contribution in [1.82, 2.24) is 0 Å². The fraction of sp³-hybridized carbons (Fsp3) is 0.793. The van der Waals surface area contributed by atoms with Crippen LogP contribution in [0.25, 0.3) is 0 Å². The molecule has 2 nitrogen and oxygen atoms in total. The fourth-order valence-electron chi connectivity index (χ4n) is 5.57. The molecule has 2 heteroatoms. The molecule has 0 saturated heterocycles. The van der Waals surface area contributed by atoms with Crippen molar-refractivity contribution in [1.29, 1.82) is 0 Å². The minimum Gasteiger partial charge on any atom is -0.465 e. The number of hydrogen-bond acceptors (Lipinski definition) is 2. The zero-order chi connectivity index (χ0) is 22.6. The summed E-state index contributed by atoms with van der Waals surface area (Å²) in [5, 5.41) is 0. The third-order valence-electron chi connectivity index (χ3n) is 7.40. The minimum absolute atomic E-state index is 0.155. The van der Waals surface area contributed by atoms with E-state index in [0.29, 0.717) is 11.8 Å². The van der Waals surface area contributed by atoms with E-state index in [2.05, 4.69) is 65.8 Å². The molecule has 0 aromatic heterocycles. The summed E-state index contributed by atoms with van der Waals surface area (Å²) in [4.78, 5) is 0. The Balaban J connectivity index is 2.17. The monoisotopic (exact) mass is 430 g/mol. The molecule has 2 rings (SSSR count). The summed E-state index contributed by atoms with van der Waals surface area (Å²) in [6.45, 7) is 13.5. The second-order valence-electron chi connectivity index (χ2n) is 10.2. The van der Waals surface area contributed by atoms with Crippen molar-refractivity contribution >= 4 is 0 Å². The van der Waals surface area contributed by atoms with Gasteiger partial charge in [0.1, 0.15) is 5.75 Å². The largest absolute Gasteiger partial charge is 0.465 e. The molecule has 0 radical (unpaired) electrons. The van der Waals surface area contributed by atoms with Crippen LogP contribution in [0.15, 0.2) is 24.3 Å². The highest BCUT2D eigenvalue weighted by atomic mass is 16.7. The summed E-state index contributed by atoms with van der Waals surface area (Å²) in [5.74, 6) is 3.89. The molecule has 0 heterocycles. The van der Waals surface area contributed by atoms with E-state index in [0.717, 1.165) is 24.0 Å². The van der Waals surface area contributed by atoms with Crippen molar-refractivity contribution in [2.75, 3.05) is 0 Å². The molecule has 31 heavy (non-hydrogen) atoms. The highest BCUT2D eigenvalue weighted by Crippen LogP contribution is 2.41. The topological polar surface area (TPSA) is 18.5 Å². The normalized spacial score (nSPS) is 18.3. The van der Waals surface area contributed by atoms with E-state index in [9.17, 15) is 0 Å². The standard InChI is InChI=1S/C29H50O2/c1-7-13-25(14-8-2)28(26-15-11-10-12-16-26)21-29(30-22(4)5)31-27-19-17-24(18-20-27)23(6)9-3/h17-20,22-23,25-26,28-29H,7-16,21H2,1-6H3. The van der Waals surface area contributed by atoms with E-state index < -0.39 is 0 Å². The molecule has 0 bridgehead atoms. The minimum atomic E-state index is -0.155. The average Bonchev–Trinajstić information content (AvgIpc) is 2.77. The lowest BCUT2D eigenvalue weighted by molar-refractivity contribution is -0.127. The van der Waals surface area contributed by atoms with Gasteiger partial charge in [0.2, 0.25) is 0 Å². The van der Waals surface area contributed by atoms with Gasteiger partial charge in [0, 0.05) is 6.42 Å². The Morgan fingerprint density at radius 3 is 2.00 bits per heavy atom. The first kappa shape index (κ1) is 26.2. The van der Waals surface area contributed by atoms with Crippen molar-refractivity contribution < 1.29 is 9.47 Å². The molecule has 0 N–H and O–H groups in total. The maximum atomic E-state index is 6.50. The van der Waals surface area contributed by atoms with Gasteiger partial charge in [0.15, 0.2) is 6.29 Å². The van der Waals surface area contributed by atoms with Crippen LogP contribution in [0.2, 0.25) is 0 Å². The van der Waals surface area contributed by atoms with Crippen LogP contribution in [0.1, 0.15) is 124 Å². The lowest BCUT2D eigenvalue weighted by Gasteiger charge is -2.38. The highest BCUT2D eigenvalue weighted by Gasteiger charge is 2.33. The van der Waals surface area contributed by atoms with E-state index in [1.54, 1.807) is 0 Å². The van der Waals surface area contributed by atoms with E-state index in [-0.39, 0.29) is 12.4 Å². The van der Waals surface area contributed by atoms with Gasteiger partial charge in [0.05, 0.1) is 6.10 Å². The van der Waals surface area contributed by atoms with Crippen LogP contribution in [-0.4, -0.2) is 12.4 Å². The predicted octanol–water partition coefficient (Wildman–Crippen LogP) is 9.13. The Hall–Kier alpha value is -1.02. The molecule has 1 aliphatic rings. The summed E-state index contributed by atoms with van der Waals surface area (Å²) in [6.07, 6.45) is 14.5. The molecule has 0 amide bonds. The Morgan fingerprint density at radius 1 is 0.871 bits per heavy atom. The third-order valence-corrected chi connectivity index (χ3v) is 7.40. The molecule has 1 aromatic carbocycles. The average molecular weight is 431 g/mol. The van der Waals surface area contributed by atoms with E-state index in [4.69, 9.17) is 9.47 Å². The van der Waals surface area contributed by atoms with Gasteiger partial charge in [-0.25, -0.2) is 0 Å². The Labute approximate surface area is 193 Å². The molecule has 1 aromatic rings. The summed E-state index contributed by atoms with van der Waals surface area (Å²) in [5.41, 5.74) is 1.39. The van der Waals surface area contributed by atoms with Gasteiger partial charge in [-0.2, -0.15) is 0 Å². The zero-order valence-electron chi connectivity index (χ0n) is 21.4. The van der Waals surface area contributed by atoms with Crippen molar-refractivity contribution in [3.05, 3.63) is 29.8 Å². The molecule has 1 aliphatic carbocycles. The van der Waals surface area contributed by atoms with Crippen molar-refractivity contribution in [2.24, 2.45) is 17.8 Å². The molecule has 1 fully saturated rings. The first-order chi connectivity index (χ1) is 15.0. The smallest absolute Gasteiger partial charge is 0.200 e. The maximum Gasteiger partial charge on any atom is 0.200 e. The molecular weight excluding hydrogens is 380 g/mol. The first-order valence-corrected chi connectivity index (χ1v) is 13.4. The summed E-state index contributed by atoms with van der Waals surface area (Å²) < 4.78 is 12.9. The molecule has 0 aliphatic heterocycles. The van der Waals surface area contributed by atoms with Crippen LogP contribution < -0.4 is 4.74 Å². The second-order valence-corrected chi connectivity index (χ2v) is 10.2. The molecule has 1 saturated carbocycles. The zero-order valence-corrected chi connectivity index (χ0v) is 21.4. The van der Waals surface area contributed by atoms with E-state index in [1.165, 1.54) is 69.8 Å². The van der Waals surface area contributed by atoms with Crippen LogP contribution in [0.4, 0.5) is 0 Å².